The van der Waals surface area contributed by atoms with Crippen LogP contribution >= 0.6 is 27.5 Å². The van der Waals surface area contributed by atoms with Gasteiger partial charge in [-0.3, -0.25) is 9.59 Å². The molecule has 0 aliphatic carbocycles. The number of fused-ring (bicyclic) bond motifs is 1. The molecule has 41 heavy (non-hydrogen) atoms. The fourth-order valence-corrected chi connectivity index (χ4v) is 4.62. The quantitative estimate of drug-likeness (QED) is 0.147. The number of nitrogens with zero attached hydrogens (tertiary/aromatic N) is 6. The average Bonchev–Trinajstić information content (AvgIpc) is 3.21. The minimum Gasteiger partial charge on any atom is -0.447 e. The van der Waals surface area contributed by atoms with Crippen molar-refractivity contribution in [1.29, 1.82) is 0 Å². The van der Waals surface area contributed by atoms with Gasteiger partial charge in [-0.05, 0) is 43.3 Å². The summed E-state index contributed by atoms with van der Waals surface area (Å²) in [5, 5.41) is 7.26. The molecular formula is C26H22BrClF3N7O3. The first kappa shape index (κ1) is 29.9. The topological polar surface area (TPSA) is 115 Å². The number of aromatic nitrogens is 4. The second-order valence-corrected chi connectivity index (χ2v) is 10.3. The second kappa shape index (κ2) is 11.8. The van der Waals surface area contributed by atoms with E-state index >= 15 is 0 Å². The summed E-state index contributed by atoms with van der Waals surface area (Å²) in [6.07, 6.45) is -3.39. The molecule has 0 saturated carbocycles. The van der Waals surface area contributed by atoms with Gasteiger partial charge in [-0.15, -0.1) is 0 Å². The Labute approximate surface area is 245 Å². The highest BCUT2D eigenvalue weighted by atomic mass is 79.9. The zero-order valence-corrected chi connectivity index (χ0v) is 24.3. The van der Waals surface area contributed by atoms with Crippen molar-refractivity contribution in [2.45, 2.75) is 26.1 Å². The minimum atomic E-state index is -4.68. The van der Waals surface area contributed by atoms with E-state index < -0.39 is 29.7 Å². The van der Waals surface area contributed by atoms with Gasteiger partial charge in [0.05, 0.1) is 28.3 Å². The van der Waals surface area contributed by atoms with Crippen LogP contribution in [0.4, 0.5) is 24.7 Å². The summed E-state index contributed by atoms with van der Waals surface area (Å²) in [6.45, 7) is 2.82. The van der Waals surface area contributed by atoms with E-state index in [2.05, 4.69) is 41.3 Å². The third-order valence-corrected chi connectivity index (χ3v) is 6.29. The SMILES string of the molecule is CC(=O)OC(C(=O)Nc1ccc(-n2nc(C)c3ncnc(N=CN(C)C)c32)c(Cl)c1)c1cc(Br)cc(C(F)(F)F)c1. The standard InChI is InChI=1S/C26H22BrClF3N7O3/c1-13-21-22(24(33-11-32-21)34-12-37(3)4)38(36-13)20-6-5-18(10-19(20)28)35-25(40)23(41-14(2)39)15-7-16(26(29,30)31)9-17(27)8-15/h5-12,23H,1-4H3,(H,35,40). The van der Waals surface area contributed by atoms with E-state index in [0.717, 1.165) is 19.1 Å². The Morgan fingerprint density at radius 1 is 1.20 bits per heavy atom. The number of esters is 1. The molecule has 0 aliphatic rings. The summed E-state index contributed by atoms with van der Waals surface area (Å²) in [7, 11) is 3.62. The molecule has 0 bridgehead atoms. The van der Waals surface area contributed by atoms with E-state index in [0.29, 0.717) is 28.2 Å². The fourth-order valence-electron chi connectivity index (χ4n) is 3.85. The normalized spacial score (nSPS) is 12.5. The molecule has 0 saturated heterocycles. The Balaban J connectivity index is 1.69. The second-order valence-electron chi connectivity index (χ2n) is 9.02. The van der Waals surface area contributed by atoms with Crippen molar-refractivity contribution >= 4 is 68.3 Å². The van der Waals surface area contributed by atoms with Crippen molar-refractivity contribution in [3.05, 3.63) is 69.0 Å². The number of amides is 1. The Morgan fingerprint density at radius 3 is 2.56 bits per heavy atom. The van der Waals surface area contributed by atoms with Crippen molar-refractivity contribution in [1.82, 2.24) is 24.6 Å². The molecule has 15 heteroatoms. The lowest BCUT2D eigenvalue weighted by atomic mass is 10.0. The van der Waals surface area contributed by atoms with Gasteiger partial charge in [-0.2, -0.15) is 18.3 Å². The Hall–Kier alpha value is -4.04. The van der Waals surface area contributed by atoms with Gasteiger partial charge in [0.15, 0.2) is 5.82 Å². The van der Waals surface area contributed by atoms with Gasteiger partial charge in [0.25, 0.3) is 5.91 Å². The predicted octanol–water partition coefficient (Wildman–Crippen LogP) is 6.02. The number of rotatable bonds is 7. The molecule has 4 aromatic rings. The zero-order valence-electron chi connectivity index (χ0n) is 22.0. The predicted molar refractivity (Wildman–Crippen MR) is 151 cm³/mol. The van der Waals surface area contributed by atoms with E-state index in [1.807, 2.05) is 14.1 Å². The fraction of sp³-hybridized carbons (Fsp3) is 0.231. The molecule has 4 rings (SSSR count). The van der Waals surface area contributed by atoms with Crippen LogP contribution in [0.1, 0.15) is 29.8 Å². The van der Waals surface area contributed by atoms with E-state index in [4.69, 9.17) is 16.3 Å². The van der Waals surface area contributed by atoms with Crippen molar-refractivity contribution in [3.63, 3.8) is 0 Å². The molecule has 0 aliphatic heterocycles. The minimum absolute atomic E-state index is 0.0553. The monoisotopic (exact) mass is 651 g/mol. The Morgan fingerprint density at radius 2 is 1.93 bits per heavy atom. The van der Waals surface area contributed by atoms with Gasteiger partial charge in [0, 0.05) is 36.7 Å². The number of carbonyl (C=O) groups excluding carboxylic acids is 2. The highest BCUT2D eigenvalue weighted by Crippen LogP contribution is 2.35. The van der Waals surface area contributed by atoms with Crippen LogP contribution in [0.3, 0.4) is 0 Å². The maximum absolute atomic E-state index is 13.4. The highest BCUT2D eigenvalue weighted by Gasteiger charge is 2.33. The number of alkyl halides is 3. The maximum Gasteiger partial charge on any atom is 0.416 e. The highest BCUT2D eigenvalue weighted by molar-refractivity contribution is 9.10. The number of hydrogen-bond donors (Lipinski definition) is 1. The zero-order chi connectivity index (χ0) is 30.1. The smallest absolute Gasteiger partial charge is 0.416 e. The number of halogens is 5. The summed E-state index contributed by atoms with van der Waals surface area (Å²) in [4.78, 5) is 39.6. The van der Waals surface area contributed by atoms with Crippen LogP contribution in [0, 0.1) is 6.92 Å². The molecule has 10 nitrogen and oxygen atoms in total. The molecular weight excluding hydrogens is 631 g/mol. The lowest BCUT2D eigenvalue weighted by Gasteiger charge is -2.19. The summed E-state index contributed by atoms with van der Waals surface area (Å²) in [5.74, 6) is -1.39. The molecule has 1 atom stereocenters. The number of anilines is 1. The van der Waals surface area contributed by atoms with Gasteiger partial charge >= 0.3 is 12.1 Å². The average molecular weight is 653 g/mol. The summed E-state index contributed by atoms with van der Waals surface area (Å²) in [6, 6.07) is 7.39. The van der Waals surface area contributed by atoms with Crippen LogP contribution in [0.25, 0.3) is 16.7 Å². The van der Waals surface area contributed by atoms with Crippen LogP contribution in [-0.2, 0) is 20.5 Å². The van der Waals surface area contributed by atoms with Gasteiger partial charge in [-0.1, -0.05) is 27.5 Å². The Bertz CT molecular complexity index is 1670. The van der Waals surface area contributed by atoms with Crippen molar-refractivity contribution in [2.24, 2.45) is 4.99 Å². The molecule has 1 unspecified atom stereocenters. The van der Waals surface area contributed by atoms with Gasteiger partial charge in [0.2, 0.25) is 6.10 Å². The van der Waals surface area contributed by atoms with Gasteiger partial charge in [-0.25, -0.2) is 19.6 Å². The molecule has 0 fully saturated rings. The molecule has 2 aromatic carbocycles. The molecule has 214 valence electrons. The van der Waals surface area contributed by atoms with Crippen LogP contribution < -0.4 is 5.32 Å². The van der Waals surface area contributed by atoms with Crippen molar-refractivity contribution in [2.75, 3.05) is 19.4 Å². The number of aryl methyl sites for hydroxylation is 1. The van der Waals surface area contributed by atoms with Gasteiger partial charge in [0.1, 0.15) is 17.4 Å². The first-order valence-electron chi connectivity index (χ1n) is 11.8. The molecule has 2 heterocycles. The van der Waals surface area contributed by atoms with Crippen LogP contribution in [0.2, 0.25) is 5.02 Å². The number of aliphatic imine (C=N–C) groups is 1. The lowest BCUT2D eigenvalue weighted by Crippen LogP contribution is -2.25. The number of benzene rings is 2. The molecule has 1 N–H and O–H groups in total. The first-order valence-corrected chi connectivity index (χ1v) is 13.0. The molecule has 2 aromatic heterocycles. The van der Waals surface area contributed by atoms with Crippen LogP contribution in [0.15, 0.2) is 52.2 Å². The van der Waals surface area contributed by atoms with E-state index in [1.54, 1.807) is 24.2 Å². The van der Waals surface area contributed by atoms with Gasteiger partial charge < -0.3 is 15.0 Å². The molecule has 0 radical (unpaired) electrons. The number of nitrogens with one attached hydrogen (secondary N) is 1. The number of hydrogen-bond acceptors (Lipinski definition) is 7. The van der Waals surface area contributed by atoms with E-state index in [9.17, 15) is 22.8 Å². The summed E-state index contributed by atoms with van der Waals surface area (Å²) < 4.78 is 46.8. The molecule has 1 amide bonds. The van der Waals surface area contributed by atoms with E-state index in [-0.39, 0.29) is 20.7 Å². The number of carbonyl (C=O) groups is 2. The summed E-state index contributed by atoms with van der Waals surface area (Å²) in [5.41, 5.74) is 1.11. The van der Waals surface area contributed by atoms with Crippen LogP contribution in [0.5, 0.6) is 0 Å². The lowest BCUT2D eigenvalue weighted by molar-refractivity contribution is -0.152. The third-order valence-electron chi connectivity index (χ3n) is 5.53. The van der Waals surface area contributed by atoms with Crippen molar-refractivity contribution in [3.8, 4) is 5.69 Å². The molecule has 0 spiro atoms. The maximum atomic E-state index is 13.4. The third kappa shape index (κ3) is 6.82. The Kier molecular flexibility index (Phi) is 8.63. The van der Waals surface area contributed by atoms with Crippen LogP contribution in [-0.4, -0.2) is 57.0 Å². The van der Waals surface area contributed by atoms with Crippen molar-refractivity contribution < 1.29 is 27.5 Å². The first-order chi connectivity index (χ1) is 19.2. The largest absolute Gasteiger partial charge is 0.447 e. The van der Waals surface area contributed by atoms with E-state index in [1.165, 1.54) is 29.2 Å². The number of ether oxygens (including phenoxy) is 1. The summed E-state index contributed by atoms with van der Waals surface area (Å²) >= 11 is 9.61.